The van der Waals surface area contributed by atoms with Gasteiger partial charge in [0, 0.05) is 6.26 Å². The molecule has 33 heavy (non-hydrogen) atoms. The van der Waals surface area contributed by atoms with Crippen LogP contribution in [0.4, 0.5) is 18.3 Å². The fourth-order valence-corrected chi connectivity index (χ4v) is 4.68. The van der Waals surface area contributed by atoms with E-state index in [-0.39, 0.29) is 25.7 Å². The highest BCUT2D eigenvalue weighted by atomic mass is 35.5. The molecule has 176 valence electrons. The molecule has 0 unspecified atom stereocenters. The van der Waals surface area contributed by atoms with Crippen molar-refractivity contribution in [3.8, 4) is 0 Å². The van der Waals surface area contributed by atoms with Gasteiger partial charge in [-0.05, 0) is 30.3 Å². The number of aromatic nitrogens is 1. The van der Waals surface area contributed by atoms with Crippen LogP contribution in [0.15, 0.2) is 47.4 Å². The number of hydrogen-bond donors (Lipinski definition) is 2. The molecule has 0 saturated carbocycles. The van der Waals surface area contributed by atoms with E-state index in [2.05, 4.69) is 9.72 Å². The van der Waals surface area contributed by atoms with E-state index < -0.39 is 38.7 Å². The van der Waals surface area contributed by atoms with Gasteiger partial charge in [0.2, 0.25) is 0 Å². The number of nitrogens with one attached hydrogen (secondary N) is 2. The van der Waals surface area contributed by atoms with Gasteiger partial charge in [-0.15, -0.1) is 0 Å². The van der Waals surface area contributed by atoms with Gasteiger partial charge >= 0.3 is 17.8 Å². The molecule has 0 radical (unpaired) electrons. The van der Waals surface area contributed by atoms with E-state index in [0.717, 1.165) is 13.4 Å². The van der Waals surface area contributed by atoms with E-state index in [0.29, 0.717) is 11.3 Å². The van der Waals surface area contributed by atoms with Crippen molar-refractivity contribution >= 4 is 60.0 Å². The molecule has 1 heterocycles. The minimum Gasteiger partial charge on any atom is -0.466 e. The second-order valence-corrected chi connectivity index (χ2v) is 10.2. The Morgan fingerprint density at radius 2 is 1.82 bits per heavy atom. The van der Waals surface area contributed by atoms with Crippen LogP contribution in [0.1, 0.15) is 10.4 Å². The first kappa shape index (κ1) is 24.7. The first-order chi connectivity index (χ1) is 15.3. The smallest absolute Gasteiger partial charge is 0.442 e. The van der Waals surface area contributed by atoms with Gasteiger partial charge in [-0.3, -0.25) is 4.79 Å². The fourth-order valence-electron chi connectivity index (χ4n) is 2.78. The number of nitrogens with zero attached hydrogens (tertiary/aromatic N) is 1. The van der Waals surface area contributed by atoms with Crippen LogP contribution in [0.3, 0.4) is 0 Å². The third-order valence-electron chi connectivity index (χ3n) is 4.42. The van der Waals surface area contributed by atoms with Gasteiger partial charge in [-0.25, -0.2) is 18.2 Å². The largest absolute Gasteiger partial charge is 0.466 e. The van der Waals surface area contributed by atoms with Crippen LogP contribution in [0.5, 0.6) is 0 Å². The molecular formula is C19H15ClF3N3O5S2. The number of anilines is 1. The van der Waals surface area contributed by atoms with Crippen LogP contribution in [0, 0.1) is 0 Å². The number of ether oxygens (including phenoxy) is 1. The lowest BCUT2D eigenvalue weighted by atomic mass is 10.1. The third-order valence-corrected chi connectivity index (χ3v) is 6.79. The molecule has 0 saturated heterocycles. The highest BCUT2D eigenvalue weighted by Gasteiger charge is 2.64. The molecule has 1 amide bonds. The molecule has 0 aliphatic heterocycles. The average molecular weight is 522 g/mol. The maximum Gasteiger partial charge on any atom is 0.442 e. The van der Waals surface area contributed by atoms with E-state index in [4.69, 9.17) is 11.6 Å². The summed E-state index contributed by atoms with van der Waals surface area (Å²) in [6, 6.07) is 9.13. The van der Waals surface area contributed by atoms with Crippen molar-refractivity contribution in [2.75, 3.05) is 18.7 Å². The SMILES string of the molecule is COC(=O)[C@](NC(=O)c1ccccc1Cl)(Nc1nc2ccc(S(C)(=O)=O)cc2s1)C(F)(F)F. The number of carbonyl (C=O) groups excluding carboxylic acids is 2. The number of amides is 1. The summed E-state index contributed by atoms with van der Waals surface area (Å²) in [4.78, 5) is 28.9. The Bertz CT molecular complexity index is 1340. The predicted octanol–water partition coefficient (Wildman–Crippen LogP) is 3.63. The summed E-state index contributed by atoms with van der Waals surface area (Å²) in [5, 5.41) is 3.02. The standard InChI is InChI=1S/C19H15ClF3N3O5S2/c1-31-16(28)18(19(21,22)23,25-15(27)11-5-3-4-6-12(11)20)26-17-24-13-8-7-10(33(2,29)30)9-14(13)32-17/h3-9H,1-2H3,(H,24,26)(H,25,27)/t18-/m0/s1. The number of sulfone groups is 1. The van der Waals surface area contributed by atoms with Gasteiger partial charge in [0.15, 0.2) is 15.0 Å². The summed E-state index contributed by atoms with van der Waals surface area (Å²) >= 11 is 6.56. The van der Waals surface area contributed by atoms with Crippen LogP contribution >= 0.6 is 22.9 Å². The number of thiazole rings is 1. The zero-order chi connectivity index (χ0) is 24.6. The zero-order valence-electron chi connectivity index (χ0n) is 16.9. The molecular weight excluding hydrogens is 507 g/mol. The minimum atomic E-state index is -5.38. The summed E-state index contributed by atoms with van der Waals surface area (Å²) in [6.45, 7) is 0. The van der Waals surface area contributed by atoms with E-state index in [9.17, 15) is 31.2 Å². The molecule has 3 rings (SSSR count). The van der Waals surface area contributed by atoms with Crippen LogP contribution in [-0.2, 0) is 19.4 Å². The van der Waals surface area contributed by atoms with Gasteiger partial charge in [0.25, 0.3) is 5.91 Å². The normalized spacial score (nSPS) is 13.9. The number of hydrogen-bond acceptors (Lipinski definition) is 8. The lowest BCUT2D eigenvalue weighted by Crippen LogP contribution is -2.69. The second kappa shape index (κ2) is 8.80. The zero-order valence-corrected chi connectivity index (χ0v) is 19.2. The first-order valence-corrected chi connectivity index (χ1v) is 12.0. The van der Waals surface area contributed by atoms with Crippen molar-refractivity contribution in [1.82, 2.24) is 10.3 Å². The predicted molar refractivity (Wildman–Crippen MR) is 116 cm³/mol. The maximum absolute atomic E-state index is 14.2. The van der Waals surface area contributed by atoms with E-state index in [1.165, 1.54) is 42.5 Å². The molecule has 3 aromatic rings. The van der Waals surface area contributed by atoms with Gasteiger partial charge < -0.3 is 15.4 Å². The lowest BCUT2D eigenvalue weighted by Gasteiger charge is -2.34. The number of fused-ring (bicyclic) bond motifs is 1. The Morgan fingerprint density at radius 1 is 1.15 bits per heavy atom. The first-order valence-electron chi connectivity index (χ1n) is 8.89. The number of alkyl halides is 3. The Balaban J connectivity index is 2.09. The van der Waals surface area contributed by atoms with Crippen molar-refractivity contribution in [2.45, 2.75) is 16.7 Å². The number of methoxy groups -OCH3 is 1. The van der Waals surface area contributed by atoms with Crippen molar-refractivity contribution in [1.29, 1.82) is 0 Å². The molecule has 1 atom stereocenters. The van der Waals surface area contributed by atoms with Gasteiger partial charge in [0.1, 0.15) is 0 Å². The Labute approximate surface area is 194 Å². The van der Waals surface area contributed by atoms with Gasteiger partial charge in [0.05, 0.1) is 32.8 Å². The quantitative estimate of drug-likeness (QED) is 0.376. The molecule has 0 fully saturated rings. The van der Waals surface area contributed by atoms with Gasteiger partial charge in [-0.1, -0.05) is 35.1 Å². The van der Waals surface area contributed by atoms with Crippen molar-refractivity contribution in [2.24, 2.45) is 0 Å². The summed E-state index contributed by atoms with van der Waals surface area (Å²) in [5.41, 5.74) is -3.85. The van der Waals surface area contributed by atoms with E-state index >= 15 is 0 Å². The average Bonchev–Trinajstić information content (AvgIpc) is 3.12. The topological polar surface area (TPSA) is 114 Å². The molecule has 8 nitrogen and oxygen atoms in total. The van der Waals surface area contributed by atoms with Crippen molar-refractivity contribution in [3.05, 3.63) is 53.1 Å². The van der Waals surface area contributed by atoms with E-state index in [1.807, 2.05) is 5.32 Å². The number of halogens is 4. The fraction of sp³-hybridized carbons (Fsp3) is 0.211. The Kier molecular flexibility index (Phi) is 6.60. The monoisotopic (exact) mass is 521 g/mol. The molecule has 0 spiro atoms. The molecule has 2 N–H and O–H groups in total. The molecule has 0 aliphatic rings. The number of rotatable bonds is 6. The maximum atomic E-state index is 14.2. The van der Waals surface area contributed by atoms with Crippen LogP contribution in [0.2, 0.25) is 5.02 Å². The highest BCUT2D eigenvalue weighted by Crippen LogP contribution is 2.36. The third kappa shape index (κ3) is 4.89. The Hall–Kier alpha value is -2.90. The summed E-state index contributed by atoms with van der Waals surface area (Å²) < 4.78 is 70.8. The summed E-state index contributed by atoms with van der Waals surface area (Å²) in [6.07, 6.45) is -4.41. The number of carbonyl (C=O) groups is 2. The number of benzene rings is 2. The molecule has 14 heteroatoms. The summed E-state index contributed by atoms with van der Waals surface area (Å²) in [5.74, 6) is -3.15. The van der Waals surface area contributed by atoms with Crippen LogP contribution in [0.25, 0.3) is 10.2 Å². The number of esters is 1. The van der Waals surface area contributed by atoms with Crippen molar-refractivity contribution in [3.63, 3.8) is 0 Å². The minimum absolute atomic E-state index is 0.0627. The van der Waals surface area contributed by atoms with Gasteiger partial charge in [-0.2, -0.15) is 13.2 Å². The van der Waals surface area contributed by atoms with Crippen LogP contribution < -0.4 is 10.6 Å². The molecule has 2 aromatic carbocycles. The lowest BCUT2D eigenvalue weighted by molar-refractivity contribution is -0.203. The molecule has 1 aromatic heterocycles. The van der Waals surface area contributed by atoms with E-state index in [1.54, 1.807) is 5.32 Å². The molecule has 0 bridgehead atoms. The highest BCUT2D eigenvalue weighted by molar-refractivity contribution is 7.90. The summed E-state index contributed by atoms with van der Waals surface area (Å²) in [7, 11) is -2.85. The van der Waals surface area contributed by atoms with Crippen LogP contribution in [-0.4, -0.2) is 50.5 Å². The Morgan fingerprint density at radius 3 is 2.39 bits per heavy atom. The molecule has 0 aliphatic carbocycles. The van der Waals surface area contributed by atoms with Crippen molar-refractivity contribution < 1.29 is 35.9 Å². The second-order valence-electron chi connectivity index (χ2n) is 6.72.